The van der Waals surface area contributed by atoms with Gasteiger partial charge in [-0.1, -0.05) is 18.2 Å². The van der Waals surface area contributed by atoms with Crippen molar-refractivity contribution >= 4 is 6.21 Å². The minimum Gasteiger partial charge on any atom is -0.497 e. The molecule has 28 heavy (non-hydrogen) atoms. The predicted octanol–water partition coefficient (Wildman–Crippen LogP) is 1.71. The fraction of sp³-hybridized carbons (Fsp3) is 0.273. The largest absolute Gasteiger partial charge is 0.497 e. The van der Waals surface area contributed by atoms with Crippen LogP contribution in [0.3, 0.4) is 0 Å². The SMILES string of the molecule is COc1ccc(-c2nn(-c3ccccc3)cc2/C=N\N2CC[NH+](C)CC2)cc1. The highest BCUT2D eigenvalue weighted by atomic mass is 16.5. The number of hydrogen-bond acceptors (Lipinski definition) is 4. The first-order valence-electron chi connectivity index (χ1n) is 9.62. The highest BCUT2D eigenvalue weighted by molar-refractivity contribution is 5.88. The highest BCUT2D eigenvalue weighted by Crippen LogP contribution is 2.25. The number of ether oxygens (including phenoxy) is 1. The summed E-state index contributed by atoms with van der Waals surface area (Å²) in [6.07, 6.45) is 3.98. The zero-order valence-corrected chi connectivity index (χ0v) is 16.4. The van der Waals surface area contributed by atoms with Crippen LogP contribution in [0.4, 0.5) is 0 Å². The average Bonchev–Trinajstić information content (AvgIpc) is 3.18. The minimum atomic E-state index is 0.835. The van der Waals surface area contributed by atoms with Crippen LogP contribution < -0.4 is 9.64 Å². The molecule has 1 N–H and O–H groups in total. The van der Waals surface area contributed by atoms with Gasteiger partial charge in [0.2, 0.25) is 0 Å². The van der Waals surface area contributed by atoms with Gasteiger partial charge in [0.1, 0.15) is 11.4 Å². The van der Waals surface area contributed by atoms with E-state index in [0.717, 1.165) is 54.4 Å². The number of benzene rings is 2. The van der Waals surface area contributed by atoms with Gasteiger partial charge in [-0.25, -0.2) is 4.68 Å². The number of piperazine rings is 1. The van der Waals surface area contributed by atoms with E-state index in [2.05, 4.69) is 24.2 Å². The smallest absolute Gasteiger partial charge is 0.118 e. The molecule has 6 heteroatoms. The van der Waals surface area contributed by atoms with Gasteiger partial charge in [-0.3, -0.25) is 5.01 Å². The first-order valence-corrected chi connectivity index (χ1v) is 9.62. The second-order valence-electron chi connectivity index (χ2n) is 7.10. The van der Waals surface area contributed by atoms with E-state index >= 15 is 0 Å². The quantitative estimate of drug-likeness (QED) is 0.690. The summed E-state index contributed by atoms with van der Waals surface area (Å²) in [4.78, 5) is 1.56. The molecule has 4 rings (SSSR count). The number of para-hydroxylation sites is 1. The summed E-state index contributed by atoms with van der Waals surface area (Å²) in [5.41, 5.74) is 3.98. The molecule has 0 spiro atoms. The van der Waals surface area contributed by atoms with E-state index in [1.165, 1.54) is 0 Å². The van der Waals surface area contributed by atoms with Gasteiger partial charge in [-0.15, -0.1) is 0 Å². The fourth-order valence-corrected chi connectivity index (χ4v) is 3.30. The Balaban J connectivity index is 1.67. The van der Waals surface area contributed by atoms with Crippen molar-refractivity contribution in [1.82, 2.24) is 14.8 Å². The van der Waals surface area contributed by atoms with E-state index < -0.39 is 0 Å². The molecule has 1 fully saturated rings. The van der Waals surface area contributed by atoms with E-state index in [4.69, 9.17) is 14.9 Å². The van der Waals surface area contributed by atoms with E-state index in [1.807, 2.05) is 59.6 Å². The van der Waals surface area contributed by atoms with E-state index in [9.17, 15) is 0 Å². The van der Waals surface area contributed by atoms with Crippen LogP contribution in [0.2, 0.25) is 0 Å². The maximum absolute atomic E-state index is 5.28. The van der Waals surface area contributed by atoms with Crippen LogP contribution >= 0.6 is 0 Å². The number of methoxy groups -OCH3 is 1. The van der Waals surface area contributed by atoms with Gasteiger partial charge in [0, 0.05) is 17.3 Å². The van der Waals surface area contributed by atoms with E-state index in [-0.39, 0.29) is 0 Å². The molecule has 1 aliphatic heterocycles. The Morgan fingerprint density at radius 3 is 2.43 bits per heavy atom. The van der Waals surface area contributed by atoms with Crippen LogP contribution in [0.5, 0.6) is 5.75 Å². The maximum atomic E-state index is 5.28. The number of likely N-dealkylation sites (N-methyl/N-ethyl adjacent to an activating group) is 1. The first kappa shape index (κ1) is 18.3. The molecule has 0 bridgehead atoms. The zero-order valence-electron chi connectivity index (χ0n) is 16.4. The van der Waals surface area contributed by atoms with Crippen LogP contribution in [0, 0.1) is 0 Å². The average molecular weight is 376 g/mol. The fourth-order valence-electron chi connectivity index (χ4n) is 3.30. The lowest BCUT2D eigenvalue weighted by molar-refractivity contribution is -0.884. The number of hydrogen-bond donors (Lipinski definition) is 1. The number of quaternary nitrogens is 1. The van der Waals surface area contributed by atoms with Crippen molar-refractivity contribution in [3.63, 3.8) is 0 Å². The molecule has 0 atom stereocenters. The van der Waals surface area contributed by atoms with Gasteiger partial charge in [0.05, 0.1) is 52.2 Å². The maximum Gasteiger partial charge on any atom is 0.118 e. The molecule has 1 saturated heterocycles. The van der Waals surface area contributed by atoms with Gasteiger partial charge < -0.3 is 9.64 Å². The van der Waals surface area contributed by atoms with Crippen molar-refractivity contribution in [1.29, 1.82) is 0 Å². The summed E-state index contributed by atoms with van der Waals surface area (Å²) in [6, 6.07) is 18.1. The number of aromatic nitrogens is 2. The summed E-state index contributed by atoms with van der Waals surface area (Å²) in [5.74, 6) is 0.835. The minimum absolute atomic E-state index is 0.835. The molecule has 0 amide bonds. The Kier molecular flexibility index (Phi) is 5.39. The Morgan fingerprint density at radius 2 is 1.75 bits per heavy atom. The van der Waals surface area contributed by atoms with Gasteiger partial charge >= 0.3 is 0 Å². The van der Waals surface area contributed by atoms with Crippen LogP contribution in [0.25, 0.3) is 16.9 Å². The van der Waals surface area contributed by atoms with E-state index in [1.54, 1.807) is 12.0 Å². The number of hydrazone groups is 1. The Bertz CT molecular complexity index is 925. The van der Waals surface area contributed by atoms with E-state index in [0.29, 0.717) is 0 Å². The molecule has 1 aromatic heterocycles. The van der Waals surface area contributed by atoms with Gasteiger partial charge in [-0.2, -0.15) is 10.2 Å². The van der Waals surface area contributed by atoms with Crippen LogP contribution in [-0.4, -0.2) is 61.3 Å². The molecule has 2 heterocycles. The lowest BCUT2D eigenvalue weighted by Gasteiger charge is -2.27. The Labute approximate surface area is 165 Å². The van der Waals surface area contributed by atoms with Gasteiger partial charge in [-0.05, 0) is 36.4 Å². The summed E-state index contributed by atoms with van der Waals surface area (Å²) in [7, 11) is 3.90. The molecule has 3 aromatic rings. The third-order valence-corrected chi connectivity index (χ3v) is 5.08. The third-order valence-electron chi connectivity index (χ3n) is 5.08. The summed E-state index contributed by atoms with van der Waals surface area (Å²) in [6.45, 7) is 4.19. The normalized spacial score (nSPS) is 15.3. The van der Waals surface area contributed by atoms with Crippen molar-refractivity contribution < 1.29 is 9.64 Å². The summed E-state index contributed by atoms with van der Waals surface area (Å²) in [5, 5.41) is 11.7. The van der Waals surface area contributed by atoms with Crippen molar-refractivity contribution in [2.75, 3.05) is 40.3 Å². The summed E-state index contributed by atoms with van der Waals surface area (Å²) < 4.78 is 7.20. The number of nitrogens with zero attached hydrogens (tertiary/aromatic N) is 4. The second-order valence-corrected chi connectivity index (χ2v) is 7.10. The molecule has 0 unspecified atom stereocenters. The van der Waals surface area contributed by atoms with Crippen LogP contribution in [-0.2, 0) is 0 Å². The molecule has 1 aliphatic rings. The lowest BCUT2D eigenvalue weighted by atomic mass is 10.1. The second kappa shape index (κ2) is 8.27. The third kappa shape index (κ3) is 4.07. The summed E-state index contributed by atoms with van der Waals surface area (Å²) >= 11 is 0. The Hall–Kier alpha value is -3.12. The molecule has 0 aliphatic carbocycles. The number of rotatable bonds is 5. The standard InChI is InChI=1S/C22H25N5O/c1-25-12-14-26(15-13-25)23-16-19-17-27(20-6-4-3-5-7-20)24-22(19)18-8-10-21(28-2)11-9-18/h3-11,16-17H,12-15H2,1-2H3/p+1/b23-16-. The molecular weight excluding hydrogens is 350 g/mol. The van der Waals surface area contributed by atoms with Crippen molar-refractivity contribution in [3.05, 3.63) is 66.4 Å². The number of nitrogens with one attached hydrogen (secondary N) is 1. The highest BCUT2D eigenvalue weighted by Gasteiger charge is 2.15. The molecule has 2 aromatic carbocycles. The zero-order chi connectivity index (χ0) is 19.3. The monoisotopic (exact) mass is 376 g/mol. The predicted molar refractivity (Wildman–Crippen MR) is 111 cm³/mol. The Morgan fingerprint density at radius 1 is 1.04 bits per heavy atom. The van der Waals surface area contributed by atoms with Crippen molar-refractivity contribution in [2.24, 2.45) is 5.10 Å². The first-order chi connectivity index (χ1) is 13.7. The van der Waals surface area contributed by atoms with Gasteiger partial charge in [0.25, 0.3) is 0 Å². The molecular formula is C22H26N5O+. The van der Waals surface area contributed by atoms with Gasteiger partial charge in [0.15, 0.2) is 0 Å². The van der Waals surface area contributed by atoms with Crippen LogP contribution in [0.15, 0.2) is 65.9 Å². The molecule has 144 valence electrons. The molecule has 0 radical (unpaired) electrons. The van der Waals surface area contributed by atoms with Crippen LogP contribution in [0.1, 0.15) is 5.56 Å². The molecule has 0 saturated carbocycles. The van der Waals surface area contributed by atoms with Crippen molar-refractivity contribution in [2.45, 2.75) is 0 Å². The lowest BCUT2D eigenvalue weighted by Crippen LogP contribution is -3.11. The van der Waals surface area contributed by atoms with Crippen molar-refractivity contribution in [3.8, 4) is 22.7 Å². The topological polar surface area (TPSA) is 47.1 Å². The molecule has 6 nitrogen and oxygen atoms in total.